The average molecular weight is 264 g/mol. The number of nitriles is 1. The summed E-state index contributed by atoms with van der Waals surface area (Å²) < 4.78 is 35.8. The molecule has 1 aromatic rings. The molecule has 90 valence electrons. The van der Waals surface area contributed by atoms with Gasteiger partial charge in [0, 0.05) is 0 Å². The van der Waals surface area contributed by atoms with E-state index >= 15 is 0 Å². The minimum atomic E-state index is -5.10. The number of carbonyl (C=O) groups excluding carboxylic acids is 1. The first kappa shape index (κ1) is 13.0. The van der Waals surface area contributed by atoms with Gasteiger partial charge in [0.05, 0.1) is 5.56 Å². The Bertz CT molecular complexity index is 515. The van der Waals surface area contributed by atoms with E-state index in [1.807, 2.05) is 0 Å². The molecule has 0 aliphatic rings. The summed E-state index contributed by atoms with van der Waals surface area (Å²) in [5, 5.41) is 18.1. The van der Waals surface area contributed by atoms with Crippen molar-refractivity contribution < 1.29 is 27.9 Å². The topological polar surface area (TPSA) is 90.2 Å². The van der Waals surface area contributed by atoms with Gasteiger partial charge in [-0.1, -0.05) is 0 Å². The molecule has 9 heteroatoms. The molecular weight excluding hydrogens is 261 g/mol. The molecule has 0 unspecified atom stereocenters. The van der Waals surface area contributed by atoms with E-state index in [1.54, 1.807) is 0 Å². The van der Waals surface area contributed by atoms with Crippen molar-refractivity contribution in [2.45, 2.75) is 6.18 Å². The number of halogens is 3. The van der Waals surface area contributed by atoms with Crippen molar-refractivity contribution in [3.63, 3.8) is 0 Å². The largest absolute Gasteiger partial charge is 0.477 e. The number of nitrogens with one attached hydrogen (secondary N) is 1. The number of hydrogen-bond acceptors (Lipinski definition) is 4. The second-order valence-electron chi connectivity index (χ2n) is 2.72. The number of alkyl halides is 3. The SMILES string of the molecule is N#Cc1cc(C(=O)O)sc1NC(=O)C(F)(F)F. The van der Waals surface area contributed by atoms with Gasteiger partial charge in [0.1, 0.15) is 15.9 Å². The van der Waals surface area contributed by atoms with Crippen LogP contribution in [0.4, 0.5) is 18.2 Å². The molecule has 1 rings (SSSR count). The summed E-state index contributed by atoms with van der Waals surface area (Å²) in [6, 6.07) is 2.38. The van der Waals surface area contributed by atoms with Gasteiger partial charge >= 0.3 is 18.1 Å². The van der Waals surface area contributed by atoms with Crippen LogP contribution >= 0.6 is 11.3 Å². The second-order valence-corrected chi connectivity index (χ2v) is 3.77. The zero-order valence-corrected chi connectivity index (χ0v) is 8.65. The number of rotatable bonds is 2. The van der Waals surface area contributed by atoms with Crippen LogP contribution in [-0.4, -0.2) is 23.2 Å². The Morgan fingerprint density at radius 1 is 1.47 bits per heavy atom. The van der Waals surface area contributed by atoms with Gasteiger partial charge in [0.2, 0.25) is 0 Å². The summed E-state index contributed by atoms with van der Waals surface area (Å²) >= 11 is 0.383. The van der Waals surface area contributed by atoms with Crippen LogP contribution in [0.25, 0.3) is 0 Å². The predicted octanol–water partition coefficient (Wildman–Crippen LogP) is 1.82. The maximum atomic E-state index is 11.9. The lowest BCUT2D eigenvalue weighted by molar-refractivity contribution is -0.167. The first-order chi connectivity index (χ1) is 7.75. The van der Waals surface area contributed by atoms with Crippen LogP contribution < -0.4 is 5.32 Å². The van der Waals surface area contributed by atoms with Gasteiger partial charge in [-0.2, -0.15) is 18.4 Å². The summed E-state index contributed by atoms with van der Waals surface area (Å²) in [6.45, 7) is 0. The molecule has 0 radical (unpaired) electrons. The maximum Gasteiger partial charge on any atom is 0.471 e. The van der Waals surface area contributed by atoms with E-state index in [1.165, 1.54) is 11.4 Å². The molecular formula is C8H3F3N2O3S. The Morgan fingerprint density at radius 3 is 2.47 bits per heavy atom. The van der Waals surface area contributed by atoms with Crippen molar-refractivity contribution in [2.75, 3.05) is 5.32 Å². The van der Waals surface area contributed by atoms with Crippen LogP contribution in [0.2, 0.25) is 0 Å². The molecule has 0 aliphatic carbocycles. The fourth-order valence-corrected chi connectivity index (χ4v) is 1.69. The molecule has 0 aliphatic heterocycles. The minimum Gasteiger partial charge on any atom is -0.477 e. The first-order valence-corrected chi connectivity index (χ1v) is 4.72. The zero-order valence-electron chi connectivity index (χ0n) is 7.83. The Hall–Kier alpha value is -2.08. The molecule has 5 nitrogen and oxygen atoms in total. The molecule has 1 aromatic heterocycles. The number of carboxylic acids is 1. The van der Waals surface area contributed by atoms with Gasteiger partial charge in [-0.3, -0.25) is 4.79 Å². The molecule has 0 bridgehead atoms. The lowest BCUT2D eigenvalue weighted by atomic mass is 10.3. The Kier molecular flexibility index (Phi) is 3.38. The van der Waals surface area contributed by atoms with Gasteiger partial charge in [-0.15, -0.1) is 11.3 Å². The number of carboxylic acid groups (broad SMARTS) is 1. The van der Waals surface area contributed by atoms with Crippen LogP contribution in [0, 0.1) is 11.3 Å². The van der Waals surface area contributed by atoms with Crippen molar-refractivity contribution in [2.24, 2.45) is 0 Å². The third-order valence-corrected chi connectivity index (χ3v) is 2.59. The lowest BCUT2D eigenvalue weighted by Gasteiger charge is -2.05. The van der Waals surface area contributed by atoms with Crippen molar-refractivity contribution in [3.8, 4) is 6.07 Å². The lowest BCUT2D eigenvalue weighted by Crippen LogP contribution is -2.29. The molecule has 2 N–H and O–H groups in total. The van der Waals surface area contributed by atoms with Crippen LogP contribution in [0.5, 0.6) is 0 Å². The molecule has 1 amide bonds. The number of amides is 1. The molecule has 0 spiro atoms. The van der Waals surface area contributed by atoms with Crippen molar-refractivity contribution in [1.29, 1.82) is 5.26 Å². The summed E-state index contributed by atoms with van der Waals surface area (Å²) in [5.41, 5.74) is -0.329. The third kappa shape index (κ3) is 2.94. The smallest absolute Gasteiger partial charge is 0.471 e. The number of carbonyl (C=O) groups is 2. The van der Waals surface area contributed by atoms with Crippen molar-refractivity contribution >= 4 is 28.2 Å². The highest BCUT2D eigenvalue weighted by Gasteiger charge is 2.39. The monoisotopic (exact) mass is 264 g/mol. The summed E-state index contributed by atoms with van der Waals surface area (Å²) in [6.07, 6.45) is -5.10. The fourth-order valence-electron chi connectivity index (χ4n) is 0.846. The summed E-state index contributed by atoms with van der Waals surface area (Å²) in [5.74, 6) is -3.65. The number of hydrogen-bond donors (Lipinski definition) is 2. The van der Waals surface area contributed by atoms with Gasteiger partial charge in [0.25, 0.3) is 0 Å². The third-order valence-electron chi connectivity index (χ3n) is 1.55. The highest BCUT2D eigenvalue weighted by molar-refractivity contribution is 7.18. The normalized spacial score (nSPS) is 10.7. The van der Waals surface area contributed by atoms with E-state index < -0.39 is 23.1 Å². The second kappa shape index (κ2) is 4.42. The van der Waals surface area contributed by atoms with Gasteiger partial charge in [-0.25, -0.2) is 4.79 Å². The molecule has 0 fully saturated rings. The molecule has 1 heterocycles. The summed E-state index contributed by atoms with van der Waals surface area (Å²) in [4.78, 5) is 20.8. The standard InChI is InChI=1S/C8H3F3N2O3S/c9-8(10,11)7(16)13-5-3(2-12)1-4(17-5)6(14)15/h1H,(H,13,16)(H,14,15). The van der Waals surface area contributed by atoms with E-state index in [4.69, 9.17) is 10.4 Å². The van der Waals surface area contributed by atoms with Gasteiger partial charge in [-0.05, 0) is 6.07 Å². The Balaban J connectivity index is 3.03. The highest BCUT2D eigenvalue weighted by Crippen LogP contribution is 2.29. The Morgan fingerprint density at radius 2 is 2.06 bits per heavy atom. The molecule has 0 saturated carbocycles. The number of nitrogens with zero attached hydrogens (tertiary/aromatic N) is 1. The zero-order chi connectivity index (χ0) is 13.2. The van der Waals surface area contributed by atoms with Gasteiger partial charge < -0.3 is 10.4 Å². The maximum absolute atomic E-state index is 11.9. The number of anilines is 1. The average Bonchev–Trinajstić information content (AvgIpc) is 2.59. The van der Waals surface area contributed by atoms with Crippen LogP contribution in [0.1, 0.15) is 15.2 Å². The van der Waals surface area contributed by atoms with E-state index in [0.29, 0.717) is 11.3 Å². The number of aromatic carboxylic acids is 1. The van der Waals surface area contributed by atoms with Gasteiger partial charge in [0.15, 0.2) is 0 Å². The van der Waals surface area contributed by atoms with E-state index in [2.05, 4.69) is 0 Å². The van der Waals surface area contributed by atoms with Crippen LogP contribution in [-0.2, 0) is 4.79 Å². The number of thiophene rings is 1. The van der Waals surface area contributed by atoms with Crippen LogP contribution in [0.15, 0.2) is 6.07 Å². The molecule has 17 heavy (non-hydrogen) atoms. The molecule has 0 atom stereocenters. The van der Waals surface area contributed by atoms with Crippen molar-refractivity contribution in [3.05, 3.63) is 16.5 Å². The minimum absolute atomic E-state index is 0.329. The van der Waals surface area contributed by atoms with E-state index in [0.717, 1.165) is 6.07 Å². The van der Waals surface area contributed by atoms with Crippen LogP contribution in [0.3, 0.4) is 0 Å². The molecule has 0 saturated heterocycles. The summed E-state index contributed by atoms with van der Waals surface area (Å²) in [7, 11) is 0. The first-order valence-electron chi connectivity index (χ1n) is 3.91. The fraction of sp³-hybridized carbons (Fsp3) is 0.125. The predicted molar refractivity (Wildman–Crippen MR) is 50.7 cm³/mol. The van der Waals surface area contributed by atoms with E-state index in [9.17, 15) is 22.8 Å². The highest BCUT2D eigenvalue weighted by atomic mass is 32.1. The van der Waals surface area contributed by atoms with Crippen molar-refractivity contribution in [1.82, 2.24) is 0 Å². The van der Waals surface area contributed by atoms with E-state index in [-0.39, 0.29) is 10.4 Å². The Labute approximate surface area is 96.1 Å². The molecule has 0 aromatic carbocycles. The quantitative estimate of drug-likeness (QED) is 0.852.